The summed E-state index contributed by atoms with van der Waals surface area (Å²) in [6.07, 6.45) is 3.60. The van der Waals surface area contributed by atoms with Gasteiger partial charge in [-0.1, -0.05) is 24.3 Å². The Morgan fingerprint density at radius 2 is 1.96 bits per heavy atom. The van der Waals surface area contributed by atoms with Crippen LogP contribution in [-0.4, -0.2) is 17.7 Å². The van der Waals surface area contributed by atoms with Gasteiger partial charge in [0, 0.05) is 5.39 Å². The summed E-state index contributed by atoms with van der Waals surface area (Å²) in [5.74, 6) is 0.415. The van der Waals surface area contributed by atoms with Crippen molar-refractivity contribution in [1.29, 1.82) is 0 Å². The zero-order valence-corrected chi connectivity index (χ0v) is 14.0. The van der Waals surface area contributed by atoms with Crippen LogP contribution in [0.5, 0.6) is 0 Å². The van der Waals surface area contributed by atoms with E-state index in [-0.39, 0.29) is 12.6 Å². The van der Waals surface area contributed by atoms with Crippen molar-refractivity contribution in [2.24, 2.45) is 0 Å². The van der Waals surface area contributed by atoms with Gasteiger partial charge in [0.1, 0.15) is 11.4 Å². The molecule has 0 saturated carbocycles. The fourth-order valence-electron chi connectivity index (χ4n) is 3.45. The maximum absolute atomic E-state index is 12.3. The van der Waals surface area contributed by atoms with E-state index in [1.165, 1.54) is 22.8 Å². The van der Waals surface area contributed by atoms with Gasteiger partial charge in [0.2, 0.25) is 0 Å². The topological polar surface area (TPSA) is 74.5 Å². The summed E-state index contributed by atoms with van der Waals surface area (Å²) in [5.41, 5.74) is 2.18. The molecule has 1 aromatic heterocycles. The third-order valence-electron chi connectivity index (χ3n) is 4.77. The third-order valence-corrected chi connectivity index (χ3v) is 4.77. The molecule has 3 aromatic rings. The van der Waals surface area contributed by atoms with Crippen molar-refractivity contribution in [3.63, 3.8) is 0 Å². The average Bonchev–Trinajstić information content (AvgIpc) is 3.27. The average molecular weight is 336 g/mol. The third kappa shape index (κ3) is 2.87. The molecule has 1 heterocycles. The van der Waals surface area contributed by atoms with E-state index >= 15 is 0 Å². The maximum Gasteiger partial charge on any atom is 0.319 e. The fraction of sp³-hybridized carbons (Fsp3) is 0.250. The van der Waals surface area contributed by atoms with Gasteiger partial charge in [0.05, 0.1) is 18.5 Å². The van der Waals surface area contributed by atoms with Crippen LogP contribution >= 0.6 is 0 Å². The molecule has 4 rings (SSSR count). The fourth-order valence-corrected chi connectivity index (χ4v) is 3.45. The standard InChI is InChI=1S/C20H20N2O3/c1-20(24,17-6-3-11-25-17)12-21-19(23)22-16-10-9-14-8-7-13-4-2-5-15(16)18(13)14/h2-6,9-11,24H,7-8,12H2,1H3,(H2,21,22,23). The van der Waals surface area contributed by atoms with Crippen LogP contribution in [0.4, 0.5) is 10.5 Å². The first-order valence-electron chi connectivity index (χ1n) is 8.39. The van der Waals surface area contributed by atoms with Gasteiger partial charge in [-0.15, -0.1) is 0 Å². The Labute approximate surface area is 145 Å². The van der Waals surface area contributed by atoms with Gasteiger partial charge in [0.25, 0.3) is 0 Å². The van der Waals surface area contributed by atoms with Gasteiger partial charge in [-0.2, -0.15) is 0 Å². The molecule has 2 aromatic carbocycles. The minimum Gasteiger partial charge on any atom is -0.466 e. The molecule has 2 amide bonds. The molecular formula is C20H20N2O3. The summed E-state index contributed by atoms with van der Waals surface area (Å²) in [4.78, 5) is 12.3. The van der Waals surface area contributed by atoms with Crippen LogP contribution in [0.2, 0.25) is 0 Å². The molecule has 5 heteroatoms. The molecule has 0 aliphatic heterocycles. The van der Waals surface area contributed by atoms with E-state index in [1.54, 1.807) is 19.1 Å². The summed E-state index contributed by atoms with van der Waals surface area (Å²) < 4.78 is 5.22. The van der Waals surface area contributed by atoms with E-state index in [1.807, 2.05) is 18.2 Å². The summed E-state index contributed by atoms with van der Waals surface area (Å²) in [5, 5.41) is 18.3. The monoisotopic (exact) mass is 336 g/mol. The van der Waals surface area contributed by atoms with Gasteiger partial charge in [-0.25, -0.2) is 4.79 Å². The molecule has 0 spiro atoms. The Morgan fingerprint density at radius 1 is 1.16 bits per heavy atom. The number of aliphatic hydroxyl groups is 1. The Balaban J connectivity index is 1.50. The van der Waals surface area contributed by atoms with Crippen LogP contribution in [0.3, 0.4) is 0 Å². The van der Waals surface area contributed by atoms with Crippen molar-refractivity contribution in [1.82, 2.24) is 5.32 Å². The number of nitrogens with one attached hydrogen (secondary N) is 2. The number of urea groups is 1. The van der Waals surface area contributed by atoms with Gasteiger partial charge in [-0.3, -0.25) is 0 Å². The predicted octanol–water partition coefficient (Wildman–Crippen LogP) is 3.56. The molecule has 0 saturated heterocycles. The first kappa shape index (κ1) is 15.7. The largest absolute Gasteiger partial charge is 0.466 e. The number of amides is 2. The van der Waals surface area contributed by atoms with Crippen molar-refractivity contribution in [3.05, 3.63) is 65.6 Å². The highest BCUT2D eigenvalue weighted by Crippen LogP contribution is 2.34. The van der Waals surface area contributed by atoms with Crippen LogP contribution < -0.4 is 10.6 Å². The second-order valence-corrected chi connectivity index (χ2v) is 6.67. The Bertz CT molecular complexity index is 919. The number of hydrogen-bond donors (Lipinski definition) is 3. The minimum absolute atomic E-state index is 0.0492. The lowest BCUT2D eigenvalue weighted by atomic mass is 10.0. The molecule has 1 aliphatic carbocycles. The second kappa shape index (κ2) is 5.93. The Kier molecular flexibility index (Phi) is 3.73. The van der Waals surface area contributed by atoms with E-state index in [0.717, 1.165) is 23.9 Å². The first-order valence-corrected chi connectivity index (χ1v) is 8.39. The van der Waals surface area contributed by atoms with Gasteiger partial charge < -0.3 is 20.2 Å². The summed E-state index contributed by atoms with van der Waals surface area (Å²) in [6.45, 7) is 1.65. The second-order valence-electron chi connectivity index (χ2n) is 6.67. The van der Waals surface area contributed by atoms with Crippen LogP contribution in [0.1, 0.15) is 23.8 Å². The molecule has 25 heavy (non-hydrogen) atoms. The molecule has 0 fully saturated rings. The number of furan rings is 1. The summed E-state index contributed by atoms with van der Waals surface area (Å²) in [6, 6.07) is 13.2. The van der Waals surface area contributed by atoms with Crippen LogP contribution in [0.25, 0.3) is 10.8 Å². The van der Waals surface area contributed by atoms with Crippen LogP contribution in [-0.2, 0) is 18.4 Å². The maximum atomic E-state index is 12.3. The number of carbonyl (C=O) groups excluding carboxylic acids is 1. The molecule has 1 aliphatic rings. The highest BCUT2D eigenvalue weighted by Gasteiger charge is 2.27. The number of benzene rings is 2. The predicted molar refractivity (Wildman–Crippen MR) is 96.7 cm³/mol. The van der Waals surface area contributed by atoms with Gasteiger partial charge in [-0.05, 0) is 54.5 Å². The van der Waals surface area contributed by atoms with Crippen LogP contribution in [0, 0.1) is 0 Å². The molecule has 5 nitrogen and oxygen atoms in total. The van der Waals surface area contributed by atoms with Gasteiger partial charge >= 0.3 is 6.03 Å². The Hall–Kier alpha value is -2.79. The highest BCUT2D eigenvalue weighted by molar-refractivity contribution is 6.04. The molecule has 0 radical (unpaired) electrons. The number of carbonyl (C=O) groups is 1. The highest BCUT2D eigenvalue weighted by atomic mass is 16.4. The number of anilines is 1. The quantitative estimate of drug-likeness (QED) is 0.682. The van der Waals surface area contributed by atoms with E-state index in [2.05, 4.69) is 22.8 Å². The minimum atomic E-state index is -1.26. The van der Waals surface area contributed by atoms with Gasteiger partial charge in [0.15, 0.2) is 0 Å². The lowest BCUT2D eigenvalue weighted by molar-refractivity contribution is 0.0372. The lowest BCUT2D eigenvalue weighted by Gasteiger charge is -2.21. The van der Waals surface area contributed by atoms with Crippen molar-refractivity contribution in [2.45, 2.75) is 25.4 Å². The number of aryl methyl sites for hydroxylation is 2. The molecular weight excluding hydrogens is 316 g/mol. The van der Waals surface area contributed by atoms with Crippen molar-refractivity contribution in [3.8, 4) is 0 Å². The van der Waals surface area contributed by atoms with E-state index in [4.69, 9.17) is 4.42 Å². The van der Waals surface area contributed by atoms with Crippen molar-refractivity contribution >= 4 is 22.5 Å². The Morgan fingerprint density at radius 3 is 2.72 bits per heavy atom. The van der Waals surface area contributed by atoms with E-state index in [9.17, 15) is 9.90 Å². The van der Waals surface area contributed by atoms with Crippen molar-refractivity contribution in [2.75, 3.05) is 11.9 Å². The lowest BCUT2D eigenvalue weighted by Crippen LogP contribution is -2.40. The zero-order valence-electron chi connectivity index (χ0n) is 14.0. The number of hydrogen-bond acceptors (Lipinski definition) is 3. The molecule has 128 valence electrons. The summed E-state index contributed by atoms with van der Waals surface area (Å²) >= 11 is 0. The normalized spacial score (nSPS) is 15.1. The molecule has 1 unspecified atom stereocenters. The van der Waals surface area contributed by atoms with Crippen LogP contribution in [0.15, 0.2) is 53.1 Å². The first-order chi connectivity index (χ1) is 12.0. The molecule has 0 bridgehead atoms. The zero-order chi connectivity index (χ0) is 17.4. The number of rotatable bonds is 4. The summed E-state index contributed by atoms with van der Waals surface area (Å²) in [7, 11) is 0. The van der Waals surface area contributed by atoms with Crippen molar-refractivity contribution < 1.29 is 14.3 Å². The van der Waals surface area contributed by atoms with E-state index in [0.29, 0.717) is 5.76 Å². The molecule has 3 N–H and O–H groups in total. The molecule has 1 atom stereocenters. The van der Waals surface area contributed by atoms with E-state index < -0.39 is 5.60 Å². The SMILES string of the molecule is CC(O)(CNC(=O)Nc1ccc2c3c(cccc13)CC2)c1ccco1. The smallest absolute Gasteiger partial charge is 0.319 e.